The number of ether oxygens (including phenoxy) is 3. The number of rotatable bonds is 16. The Morgan fingerprint density at radius 1 is 0.985 bits per heavy atom. The molecule has 0 radical (unpaired) electrons. The van der Waals surface area contributed by atoms with Crippen LogP contribution < -0.4 is 41.2 Å². The molecule has 3 atom stereocenters. The van der Waals surface area contributed by atoms with E-state index in [0.29, 0.717) is 41.0 Å². The summed E-state index contributed by atoms with van der Waals surface area (Å²) in [6, 6.07) is 13.9. The average Bonchev–Trinajstić information content (AvgIpc) is 3.58. The van der Waals surface area contributed by atoms with E-state index >= 15 is 0 Å². The number of carbonyl (C=O) groups excluding carboxylic acids is 6. The predicted octanol–water partition coefficient (Wildman–Crippen LogP) is 4.81. The maximum Gasteiger partial charge on any atom is 0.315 e. The third-order valence-electron chi connectivity index (χ3n) is 12.1. The highest BCUT2D eigenvalue weighted by Crippen LogP contribution is 2.35. The van der Waals surface area contributed by atoms with Crippen molar-refractivity contribution >= 4 is 46.2 Å². The summed E-state index contributed by atoms with van der Waals surface area (Å²) >= 11 is 0. The third kappa shape index (κ3) is 10.8. The summed E-state index contributed by atoms with van der Waals surface area (Å²) in [6.07, 6.45) is 5.18. The first-order valence-corrected chi connectivity index (χ1v) is 21.7. The Hall–Kier alpha value is -7.06. The van der Waals surface area contributed by atoms with Crippen molar-refractivity contribution in [3.05, 3.63) is 88.6 Å². The quantitative estimate of drug-likeness (QED) is 0.0445. The number of nitrogens with zero attached hydrogens (tertiary/aromatic N) is 2. The van der Waals surface area contributed by atoms with Gasteiger partial charge in [0.2, 0.25) is 5.88 Å². The Kier molecular flexibility index (Phi) is 14.6. The molecule has 17 heteroatoms. The minimum atomic E-state index is -1.59. The van der Waals surface area contributed by atoms with Crippen molar-refractivity contribution in [1.82, 2.24) is 31.2 Å². The summed E-state index contributed by atoms with van der Waals surface area (Å²) in [5.41, 5.74) is 7.31. The first kappa shape index (κ1) is 45.9. The van der Waals surface area contributed by atoms with E-state index < -0.39 is 47.5 Å². The van der Waals surface area contributed by atoms with Crippen molar-refractivity contribution in [3.8, 4) is 35.0 Å². The molecule has 6 N–H and O–H groups in total. The number of alkyl halides is 1. The molecule has 0 spiro atoms. The van der Waals surface area contributed by atoms with Crippen LogP contribution in [0.25, 0.3) is 10.8 Å². The van der Waals surface area contributed by atoms with Gasteiger partial charge in [-0.05, 0) is 100.0 Å². The first-order valence-electron chi connectivity index (χ1n) is 21.7. The number of halogens is 1. The minimum absolute atomic E-state index is 0.00365. The van der Waals surface area contributed by atoms with Crippen molar-refractivity contribution in [2.75, 3.05) is 40.4 Å². The second-order valence-corrected chi connectivity index (χ2v) is 16.6. The second-order valence-electron chi connectivity index (χ2n) is 16.6. The van der Waals surface area contributed by atoms with Gasteiger partial charge in [0, 0.05) is 54.0 Å². The molecule has 1 aliphatic carbocycles. The second kappa shape index (κ2) is 20.6. The molecular formula is C48H52FN7O9. The topological polar surface area (TPSA) is 220 Å². The Morgan fingerprint density at radius 3 is 2.48 bits per heavy atom. The fourth-order valence-corrected chi connectivity index (χ4v) is 8.59. The molecule has 2 aliphatic heterocycles. The molecule has 7 rings (SSSR count). The van der Waals surface area contributed by atoms with Gasteiger partial charge in [0.1, 0.15) is 23.9 Å². The fourth-order valence-electron chi connectivity index (χ4n) is 8.59. The molecule has 0 unspecified atom stereocenters. The van der Waals surface area contributed by atoms with Crippen molar-refractivity contribution in [2.45, 2.75) is 64.2 Å². The molecule has 1 aromatic heterocycles. The van der Waals surface area contributed by atoms with Crippen LogP contribution >= 0.6 is 0 Å². The Balaban J connectivity index is 0.838. The van der Waals surface area contributed by atoms with Crippen LogP contribution in [0, 0.1) is 29.6 Å². The lowest BCUT2D eigenvalue weighted by Crippen LogP contribution is -2.42. The number of urea groups is 1. The molecule has 2 fully saturated rings. The highest BCUT2D eigenvalue weighted by Gasteiger charge is 2.42. The van der Waals surface area contributed by atoms with Crippen molar-refractivity contribution in [3.63, 3.8) is 0 Å². The van der Waals surface area contributed by atoms with Crippen molar-refractivity contribution in [1.29, 1.82) is 0 Å². The lowest BCUT2D eigenvalue weighted by molar-refractivity contribution is -0.124. The molecule has 4 aromatic rings. The van der Waals surface area contributed by atoms with Crippen LogP contribution in [0.4, 0.5) is 9.18 Å². The lowest BCUT2D eigenvalue weighted by Gasteiger charge is -2.29. The van der Waals surface area contributed by atoms with Gasteiger partial charge >= 0.3 is 6.03 Å². The smallest absolute Gasteiger partial charge is 0.315 e. The van der Waals surface area contributed by atoms with Crippen LogP contribution in [0.2, 0.25) is 0 Å². The van der Waals surface area contributed by atoms with Gasteiger partial charge in [-0.15, -0.1) is 0 Å². The molecule has 3 aliphatic rings. The van der Waals surface area contributed by atoms with Gasteiger partial charge < -0.3 is 40.8 Å². The van der Waals surface area contributed by atoms with Gasteiger partial charge in [0.15, 0.2) is 6.17 Å². The maximum absolute atomic E-state index is 14.4. The number of imide groups is 1. The molecule has 1 saturated carbocycles. The summed E-state index contributed by atoms with van der Waals surface area (Å²) in [6.45, 7) is 4.40. The number of primary amides is 1. The number of hydrogen-bond donors (Lipinski definition) is 5. The van der Waals surface area contributed by atoms with Gasteiger partial charge in [0.05, 0.1) is 29.8 Å². The van der Waals surface area contributed by atoms with Crippen LogP contribution in [0.1, 0.15) is 87.6 Å². The van der Waals surface area contributed by atoms with E-state index in [1.807, 2.05) is 12.2 Å². The average molecular weight is 890 g/mol. The van der Waals surface area contributed by atoms with E-state index in [-0.39, 0.29) is 59.2 Å². The molecule has 0 bridgehead atoms. The van der Waals surface area contributed by atoms with E-state index in [1.165, 1.54) is 13.2 Å². The number of amides is 6. The van der Waals surface area contributed by atoms with Crippen LogP contribution in [0.5, 0.6) is 23.1 Å². The number of methoxy groups -OCH3 is 1. The van der Waals surface area contributed by atoms with Gasteiger partial charge in [0.25, 0.3) is 29.4 Å². The number of hydrogen-bond acceptors (Lipinski definition) is 11. The normalized spacial score (nSPS) is 20.3. The summed E-state index contributed by atoms with van der Waals surface area (Å²) in [5, 5.41) is 11.6. The third-order valence-corrected chi connectivity index (χ3v) is 12.1. The SMILES string of the molecule is CC[C@@H]1[C@H](F)C(=O)N[C@@H]1COc1ncc(C#CC2CCC(CN(C)CCCNC(=O)NCc3ccc(Oc4cccc5c4C(=O)NC(=O)C5=O)cc3)CC2)c2cc(C(N)=O)c(OC)cc12. The standard InChI is InChI=1S/C48H52FN7O9/c1-4-32-37(54-45(60)41(32)49)26-64-47-35-22-39(63-3)36(43(50)58)21-34(35)30(24-52-47)16-13-27-9-11-29(12-10-27)25-56(2)20-6-19-51-48(62)53-23-28-14-17-31(18-15-28)65-38-8-5-7-33-40(38)44(59)55-46(61)42(33)57/h5,7-8,14-15,17-18,21-22,24,27,29,32,37,41H,4,6,9-12,19-20,23,25-26H2,1-3H3,(H2,50,58)(H,54,60)(H2,51,53,62)(H,55,59,61)/t27?,29?,32-,37+,41-/m0/s1. The summed E-state index contributed by atoms with van der Waals surface area (Å²) < 4.78 is 31.8. The number of fused-ring (bicyclic) bond motifs is 2. The number of aromatic nitrogens is 1. The monoisotopic (exact) mass is 889 g/mol. The lowest BCUT2D eigenvalue weighted by atomic mass is 9.82. The Labute approximate surface area is 375 Å². The van der Waals surface area contributed by atoms with Crippen LogP contribution in [0.15, 0.2) is 60.8 Å². The van der Waals surface area contributed by atoms with E-state index in [1.54, 1.807) is 54.7 Å². The Bertz CT molecular complexity index is 2550. The van der Waals surface area contributed by atoms with Crippen molar-refractivity contribution in [2.24, 2.45) is 23.5 Å². The molecular weight excluding hydrogens is 838 g/mol. The number of pyridine rings is 1. The van der Waals surface area contributed by atoms with E-state index in [2.05, 4.69) is 44.7 Å². The highest BCUT2D eigenvalue weighted by molar-refractivity contribution is 6.49. The number of nitrogens with two attached hydrogens (primary N) is 1. The number of Topliss-reactive ketones (excluding diaryl/α,β-unsaturated/α-hetero) is 1. The maximum atomic E-state index is 14.4. The summed E-state index contributed by atoms with van der Waals surface area (Å²) in [4.78, 5) is 80.0. The van der Waals surface area contributed by atoms with E-state index in [0.717, 1.165) is 50.8 Å². The molecule has 16 nitrogen and oxygen atoms in total. The molecule has 6 amide bonds. The highest BCUT2D eigenvalue weighted by atomic mass is 19.1. The minimum Gasteiger partial charge on any atom is -0.496 e. The predicted molar refractivity (Wildman–Crippen MR) is 237 cm³/mol. The molecule has 1 saturated heterocycles. The zero-order chi connectivity index (χ0) is 46.2. The Morgan fingerprint density at radius 2 is 1.75 bits per heavy atom. The molecule has 65 heavy (non-hydrogen) atoms. The van der Waals surface area contributed by atoms with Gasteiger partial charge in [-0.3, -0.25) is 29.3 Å². The van der Waals surface area contributed by atoms with E-state index in [9.17, 15) is 33.2 Å². The van der Waals surface area contributed by atoms with Crippen LogP contribution in [0.3, 0.4) is 0 Å². The number of nitrogens with one attached hydrogen (secondary N) is 4. The fraction of sp³-hybridized carbons (Fsp3) is 0.396. The number of benzene rings is 3. The largest absolute Gasteiger partial charge is 0.496 e. The van der Waals surface area contributed by atoms with Gasteiger partial charge in [-0.2, -0.15) is 0 Å². The van der Waals surface area contributed by atoms with Gasteiger partial charge in [-0.1, -0.05) is 37.0 Å². The summed E-state index contributed by atoms with van der Waals surface area (Å²) in [7, 11) is 3.53. The molecule has 340 valence electrons. The zero-order valence-electron chi connectivity index (χ0n) is 36.5. The number of ketones is 1. The van der Waals surface area contributed by atoms with Crippen LogP contribution in [-0.2, 0) is 16.1 Å². The van der Waals surface area contributed by atoms with Crippen LogP contribution in [-0.4, -0.2) is 97.9 Å². The van der Waals surface area contributed by atoms with Crippen molar-refractivity contribution < 1.29 is 47.4 Å². The summed E-state index contributed by atoms with van der Waals surface area (Å²) in [5.74, 6) is 4.21. The molecule has 3 aromatic carbocycles. The zero-order valence-corrected chi connectivity index (χ0v) is 36.5. The van der Waals surface area contributed by atoms with Gasteiger partial charge in [-0.25, -0.2) is 14.2 Å². The first-order chi connectivity index (χ1) is 31.3. The number of carbonyl (C=O) groups is 6. The van der Waals surface area contributed by atoms with E-state index in [4.69, 9.17) is 19.9 Å². The molecule has 3 heterocycles.